The van der Waals surface area contributed by atoms with Gasteiger partial charge in [0.2, 0.25) is 5.91 Å². The lowest BCUT2D eigenvalue weighted by Gasteiger charge is -2.28. The van der Waals surface area contributed by atoms with Crippen molar-refractivity contribution in [2.45, 2.75) is 19.9 Å². The number of amides is 1. The molecule has 1 atom stereocenters. The Bertz CT molecular complexity index is 665. The third kappa shape index (κ3) is 3.26. The molecule has 3 rings (SSSR count). The minimum Gasteiger partial charge on any atom is -0.341 e. The summed E-state index contributed by atoms with van der Waals surface area (Å²) < 4.78 is 0. The number of halogens is 1. The van der Waals surface area contributed by atoms with Crippen molar-refractivity contribution in [3.05, 3.63) is 48.0 Å². The molecular formula is C18H23ClN2O. The maximum atomic E-state index is 12.6. The van der Waals surface area contributed by atoms with Crippen molar-refractivity contribution in [3.63, 3.8) is 0 Å². The van der Waals surface area contributed by atoms with Gasteiger partial charge in [-0.05, 0) is 42.3 Å². The van der Waals surface area contributed by atoms with E-state index in [-0.39, 0.29) is 23.7 Å². The molecule has 3 nitrogen and oxygen atoms in total. The van der Waals surface area contributed by atoms with Crippen LogP contribution in [-0.2, 0) is 11.3 Å². The molecule has 0 aliphatic carbocycles. The van der Waals surface area contributed by atoms with E-state index < -0.39 is 0 Å². The summed E-state index contributed by atoms with van der Waals surface area (Å²) in [7, 11) is 1.90. The van der Waals surface area contributed by atoms with Crippen LogP contribution in [0.15, 0.2) is 42.5 Å². The van der Waals surface area contributed by atoms with Gasteiger partial charge in [-0.1, -0.05) is 36.4 Å². The highest BCUT2D eigenvalue weighted by molar-refractivity contribution is 5.85. The second-order valence-corrected chi connectivity index (χ2v) is 6.33. The van der Waals surface area contributed by atoms with Gasteiger partial charge in [0.25, 0.3) is 0 Å². The van der Waals surface area contributed by atoms with Crippen molar-refractivity contribution in [1.29, 1.82) is 0 Å². The molecule has 1 saturated heterocycles. The Kier molecular flexibility index (Phi) is 5.09. The van der Waals surface area contributed by atoms with Crippen LogP contribution in [0.4, 0.5) is 0 Å². The minimum absolute atomic E-state index is 0. The summed E-state index contributed by atoms with van der Waals surface area (Å²) in [6.45, 7) is 4.45. The summed E-state index contributed by atoms with van der Waals surface area (Å²) in [5.74, 6) is 0.237. The quantitative estimate of drug-likeness (QED) is 0.942. The average Bonchev–Trinajstić information content (AvgIpc) is 2.94. The predicted molar refractivity (Wildman–Crippen MR) is 93.3 cm³/mol. The number of fused-ring (bicyclic) bond motifs is 1. The van der Waals surface area contributed by atoms with Crippen molar-refractivity contribution in [1.82, 2.24) is 10.2 Å². The van der Waals surface area contributed by atoms with Crippen molar-refractivity contribution >= 4 is 29.1 Å². The van der Waals surface area contributed by atoms with E-state index in [4.69, 9.17) is 0 Å². The lowest BCUT2D eigenvalue weighted by Crippen LogP contribution is -2.41. The van der Waals surface area contributed by atoms with Crippen LogP contribution >= 0.6 is 12.4 Å². The molecule has 0 bridgehead atoms. The Hall–Kier alpha value is -1.58. The number of hydrogen-bond acceptors (Lipinski definition) is 2. The van der Waals surface area contributed by atoms with E-state index >= 15 is 0 Å². The molecule has 1 unspecified atom stereocenters. The second-order valence-electron chi connectivity index (χ2n) is 6.33. The smallest absolute Gasteiger partial charge is 0.229 e. The highest BCUT2D eigenvalue weighted by Crippen LogP contribution is 2.27. The topological polar surface area (TPSA) is 32.3 Å². The maximum Gasteiger partial charge on any atom is 0.229 e. The Labute approximate surface area is 138 Å². The van der Waals surface area contributed by atoms with Crippen LogP contribution in [0.2, 0.25) is 0 Å². The molecular weight excluding hydrogens is 296 g/mol. The molecule has 1 amide bonds. The minimum atomic E-state index is -0.244. The number of carbonyl (C=O) groups is 1. The van der Waals surface area contributed by atoms with Crippen LogP contribution in [0.25, 0.3) is 10.8 Å². The third-order valence-corrected chi connectivity index (χ3v) is 4.47. The van der Waals surface area contributed by atoms with Crippen LogP contribution in [0.1, 0.15) is 18.9 Å². The molecule has 0 spiro atoms. The molecule has 1 fully saturated rings. The summed E-state index contributed by atoms with van der Waals surface area (Å²) in [5, 5.41) is 5.75. The summed E-state index contributed by atoms with van der Waals surface area (Å²) in [6, 6.07) is 14.7. The number of benzene rings is 2. The summed E-state index contributed by atoms with van der Waals surface area (Å²) in [6.07, 6.45) is 0.924. The Morgan fingerprint density at radius 2 is 1.95 bits per heavy atom. The van der Waals surface area contributed by atoms with E-state index in [9.17, 15) is 4.79 Å². The van der Waals surface area contributed by atoms with E-state index in [1.54, 1.807) is 0 Å². The van der Waals surface area contributed by atoms with E-state index in [2.05, 4.69) is 42.6 Å². The third-order valence-electron chi connectivity index (χ3n) is 4.47. The zero-order valence-electron chi connectivity index (χ0n) is 13.1. The first-order valence-corrected chi connectivity index (χ1v) is 7.52. The van der Waals surface area contributed by atoms with Gasteiger partial charge in [-0.2, -0.15) is 0 Å². The molecule has 0 saturated carbocycles. The molecule has 2 aromatic rings. The molecule has 1 aliphatic heterocycles. The van der Waals surface area contributed by atoms with Gasteiger partial charge < -0.3 is 10.2 Å². The summed E-state index contributed by atoms with van der Waals surface area (Å²) >= 11 is 0. The number of carbonyl (C=O) groups excluding carboxylic acids is 1. The average molecular weight is 319 g/mol. The van der Waals surface area contributed by atoms with E-state index in [1.807, 2.05) is 24.1 Å². The highest BCUT2D eigenvalue weighted by atomic mass is 35.5. The molecule has 0 aromatic heterocycles. The largest absolute Gasteiger partial charge is 0.341 e. The zero-order valence-corrected chi connectivity index (χ0v) is 14.0. The van der Waals surface area contributed by atoms with Crippen LogP contribution in [0.3, 0.4) is 0 Å². The molecule has 2 aromatic carbocycles. The molecule has 0 radical (unpaired) electrons. The van der Waals surface area contributed by atoms with Crippen molar-refractivity contribution in [2.75, 3.05) is 20.1 Å². The summed E-state index contributed by atoms with van der Waals surface area (Å²) in [5.41, 5.74) is 0.935. The molecule has 118 valence electrons. The fraction of sp³-hybridized carbons (Fsp3) is 0.389. The highest BCUT2D eigenvalue weighted by Gasteiger charge is 2.38. The van der Waals surface area contributed by atoms with Gasteiger partial charge in [-0.3, -0.25) is 4.79 Å². The number of nitrogens with zero attached hydrogens (tertiary/aromatic N) is 1. The van der Waals surface area contributed by atoms with Gasteiger partial charge in [0, 0.05) is 20.1 Å². The lowest BCUT2D eigenvalue weighted by atomic mass is 9.88. The summed E-state index contributed by atoms with van der Waals surface area (Å²) in [4.78, 5) is 14.5. The number of hydrogen-bond donors (Lipinski definition) is 1. The van der Waals surface area contributed by atoms with Gasteiger partial charge in [-0.15, -0.1) is 12.4 Å². The molecule has 1 N–H and O–H groups in total. The Morgan fingerprint density at radius 3 is 2.64 bits per heavy atom. The van der Waals surface area contributed by atoms with Gasteiger partial charge >= 0.3 is 0 Å². The van der Waals surface area contributed by atoms with Crippen LogP contribution in [-0.4, -0.2) is 30.9 Å². The van der Waals surface area contributed by atoms with Gasteiger partial charge in [0.1, 0.15) is 0 Å². The molecule has 1 heterocycles. The van der Waals surface area contributed by atoms with Crippen LogP contribution in [0.5, 0.6) is 0 Å². The first-order chi connectivity index (χ1) is 10.1. The first kappa shape index (κ1) is 16.8. The normalized spacial score (nSPS) is 20.6. The monoisotopic (exact) mass is 318 g/mol. The molecule has 4 heteroatoms. The fourth-order valence-corrected chi connectivity index (χ4v) is 3.14. The first-order valence-electron chi connectivity index (χ1n) is 7.52. The van der Waals surface area contributed by atoms with Crippen molar-refractivity contribution in [2.24, 2.45) is 5.41 Å². The van der Waals surface area contributed by atoms with Crippen molar-refractivity contribution in [3.8, 4) is 0 Å². The standard InChI is InChI=1S/C18H22N2O.ClH/c1-18(9-10-19-13-18)17(21)20(2)12-14-7-8-15-5-3-4-6-16(15)11-14;/h3-8,11,19H,9-10,12-13H2,1-2H3;1H. The molecule has 1 aliphatic rings. The van der Waals surface area contributed by atoms with Crippen LogP contribution in [0, 0.1) is 5.41 Å². The maximum absolute atomic E-state index is 12.6. The van der Waals surface area contributed by atoms with Gasteiger partial charge in [0.05, 0.1) is 5.41 Å². The fourth-order valence-electron chi connectivity index (χ4n) is 3.14. The second kappa shape index (κ2) is 6.67. The van der Waals surface area contributed by atoms with E-state index in [0.29, 0.717) is 6.54 Å². The lowest BCUT2D eigenvalue weighted by molar-refractivity contribution is -0.139. The number of nitrogens with one attached hydrogen (secondary N) is 1. The van der Waals surface area contributed by atoms with Gasteiger partial charge in [0.15, 0.2) is 0 Å². The van der Waals surface area contributed by atoms with Crippen LogP contribution < -0.4 is 5.32 Å². The Morgan fingerprint density at radius 1 is 1.23 bits per heavy atom. The number of rotatable bonds is 3. The Balaban J connectivity index is 0.00000176. The SMILES string of the molecule is CN(Cc1ccc2ccccc2c1)C(=O)C1(C)CCNC1.Cl. The molecule has 22 heavy (non-hydrogen) atoms. The predicted octanol–water partition coefficient (Wildman–Crippen LogP) is 3.22. The van der Waals surface area contributed by atoms with Crippen molar-refractivity contribution < 1.29 is 4.79 Å². The zero-order chi connectivity index (χ0) is 14.9. The van der Waals surface area contributed by atoms with E-state index in [0.717, 1.165) is 19.5 Å². The van der Waals surface area contributed by atoms with Gasteiger partial charge in [-0.25, -0.2) is 0 Å². The van der Waals surface area contributed by atoms with E-state index in [1.165, 1.54) is 16.3 Å².